The lowest BCUT2D eigenvalue weighted by Gasteiger charge is -2.07. The Morgan fingerprint density at radius 3 is 2.61 bits per heavy atom. The number of para-hydroxylation sites is 2. The number of aryl methyl sites for hydroxylation is 1. The van der Waals surface area contributed by atoms with E-state index in [4.69, 9.17) is 4.52 Å². The fourth-order valence-corrected chi connectivity index (χ4v) is 1.76. The first-order valence-corrected chi connectivity index (χ1v) is 5.69. The first-order valence-electron chi connectivity index (χ1n) is 5.69. The van der Waals surface area contributed by atoms with Crippen LogP contribution in [0.15, 0.2) is 41.1 Å². The number of nitrogens with zero attached hydrogens (tertiary/aromatic N) is 3. The molecule has 5 nitrogen and oxygen atoms in total. The smallest absolute Gasteiger partial charge is 0.148 e. The van der Waals surface area contributed by atoms with Gasteiger partial charge >= 0.3 is 0 Å². The van der Waals surface area contributed by atoms with E-state index in [0.29, 0.717) is 6.54 Å². The summed E-state index contributed by atoms with van der Waals surface area (Å²) in [7, 11) is 0. The summed E-state index contributed by atoms with van der Waals surface area (Å²) in [6.45, 7) is 2.51. The Morgan fingerprint density at radius 1 is 1.11 bits per heavy atom. The summed E-state index contributed by atoms with van der Waals surface area (Å²) in [5.41, 5.74) is 3.49. The molecular weight excluding hydrogens is 228 g/mol. The van der Waals surface area contributed by atoms with E-state index in [1.54, 1.807) is 6.26 Å². The van der Waals surface area contributed by atoms with E-state index in [0.717, 1.165) is 28.2 Å². The molecule has 0 radical (unpaired) electrons. The van der Waals surface area contributed by atoms with Crippen LogP contribution in [0.2, 0.25) is 0 Å². The van der Waals surface area contributed by atoms with Gasteiger partial charge in [0.15, 0.2) is 0 Å². The number of nitrogens with one attached hydrogen (secondary N) is 1. The van der Waals surface area contributed by atoms with Gasteiger partial charge in [0.25, 0.3) is 0 Å². The van der Waals surface area contributed by atoms with Crippen LogP contribution < -0.4 is 5.32 Å². The van der Waals surface area contributed by atoms with E-state index in [1.807, 2.05) is 37.3 Å². The maximum Gasteiger partial charge on any atom is 0.148 e. The molecule has 0 unspecified atom stereocenters. The Labute approximate surface area is 104 Å². The van der Waals surface area contributed by atoms with Gasteiger partial charge in [-0.05, 0) is 19.1 Å². The van der Waals surface area contributed by atoms with Crippen molar-refractivity contribution in [1.82, 2.24) is 15.1 Å². The number of aromatic nitrogens is 3. The highest BCUT2D eigenvalue weighted by molar-refractivity contribution is 5.76. The molecular formula is C13H12N4O. The van der Waals surface area contributed by atoms with Crippen molar-refractivity contribution in [2.45, 2.75) is 13.5 Å². The molecule has 2 heterocycles. The number of anilines is 1. The maximum absolute atomic E-state index is 4.78. The minimum Gasteiger partial charge on any atom is -0.364 e. The summed E-state index contributed by atoms with van der Waals surface area (Å²) in [5, 5.41) is 7.05. The monoisotopic (exact) mass is 240 g/mol. The normalized spacial score (nSPS) is 10.7. The molecule has 0 atom stereocenters. The summed E-state index contributed by atoms with van der Waals surface area (Å²) in [6, 6.07) is 9.63. The zero-order chi connectivity index (χ0) is 12.4. The highest BCUT2D eigenvalue weighted by Crippen LogP contribution is 2.16. The number of hydrogen-bond acceptors (Lipinski definition) is 5. The third-order valence-electron chi connectivity index (χ3n) is 2.67. The van der Waals surface area contributed by atoms with Crippen molar-refractivity contribution in [3.05, 3.63) is 48.0 Å². The van der Waals surface area contributed by atoms with Gasteiger partial charge in [0, 0.05) is 6.07 Å². The lowest BCUT2D eigenvalue weighted by Crippen LogP contribution is -2.05. The minimum absolute atomic E-state index is 0.574. The molecule has 2 aromatic heterocycles. The second-order valence-corrected chi connectivity index (χ2v) is 3.99. The highest BCUT2D eigenvalue weighted by atomic mass is 16.5. The second-order valence-electron chi connectivity index (χ2n) is 3.99. The third-order valence-corrected chi connectivity index (χ3v) is 2.67. The molecule has 5 heteroatoms. The molecule has 1 N–H and O–H groups in total. The van der Waals surface area contributed by atoms with Gasteiger partial charge in [0.2, 0.25) is 0 Å². The van der Waals surface area contributed by atoms with Gasteiger partial charge < -0.3 is 9.84 Å². The summed E-state index contributed by atoms with van der Waals surface area (Å²) < 4.78 is 4.78. The Hall–Kier alpha value is -2.43. The van der Waals surface area contributed by atoms with E-state index >= 15 is 0 Å². The number of benzene rings is 1. The van der Waals surface area contributed by atoms with Gasteiger partial charge in [0.05, 0.1) is 23.3 Å². The molecule has 1 aromatic carbocycles. The molecule has 0 saturated carbocycles. The molecule has 0 aliphatic heterocycles. The first-order chi connectivity index (χ1) is 8.83. The zero-order valence-electron chi connectivity index (χ0n) is 9.92. The van der Waals surface area contributed by atoms with Crippen LogP contribution in [-0.2, 0) is 6.54 Å². The van der Waals surface area contributed by atoms with Gasteiger partial charge in [-0.25, -0.2) is 9.97 Å². The van der Waals surface area contributed by atoms with Crippen molar-refractivity contribution in [2.75, 3.05) is 5.32 Å². The van der Waals surface area contributed by atoms with Crippen molar-refractivity contribution in [1.29, 1.82) is 0 Å². The molecule has 0 amide bonds. The highest BCUT2D eigenvalue weighted by Gasteiger charge is 2.05. The predicted molar refractivity (Wildman–Crippen MR) is 68.1 cm³/mol. The lowest BCUT2D eigenvalue weighted by atomic mass is 10.3. The van der Waals surface area contributed by atoms with E-state index in [1.165, 1.54) is 0 Å². The van der Waals surface area contributed by atoms with Crippen LogP contribution in [0, 0.1) is 6.92 Å². The fourth-order valence-electron chi connectivity index (χ4n) is 1.76. The van der Waals surface area contributed by atoms with Gasteiger partial charge in [0.1, 0.15) is 17.8 Å². The summed E-state index contributed by atoms with van der Waals surface area (Å²) in [6.07, 6.45) is 1.55. The molecule has 0 fully saturated rings. The van der Waals surface area contributed by atoms with E-state index in [-0.39, 0.29) is 0 Å². The van der Waals surface area contributed by atoms with Gasteiger partial charge in [-0.2, -0.15) is 0 Å². The van der Waals surface area contributed by atoms with Gasteiger partial charge in [-0.3, -0.25) is 0 Å². The largest absolute Gasteiger partial charge is 0.364 e. The molecule has 90 valence electrons. The Kier molecular flexibility index (Phi) is 2.64. The summed E-state index contributed by atoms with van der Waals surface area (Å²) in [4.78, 5) is 9.05. The third kappa shape index (κ3) is 2.02. The Morgan fingerprint density at radius 2 is 1.89 bits per heavy atom. The topological polar surface area (TPSA) is 63.8 Å². The SMILES string of the molecule is Cc1nc2ccccc2nc1NCc1ccon1. The quantitative estimate of drug-likeness (QED) is 0.762. The number of rotatable bonds is 3. The average Bonchev–Trinajstić information content (AvgIpc) is 2.89. The zero-order valence-corrected chi connectivity index (χ0v) is 9.92. The van der Waals surface area contributed by atoms with Crippen LogP contribution in [0.4, 0.5) is 5.82 Å². The number of fused-ring (bicyclic) bond motifs is 1. The Bertz CT molecular complexity index is 664. The van der Waals surface area contributed by atoms with E-state index in [9.17, 15) is 0 Å². The molecule has 18 heavy (non-hydrogen) atoms. The van der Waals surface area contributed by atoms with Crippen LogP contribution in [-0.4, -0.2) is 15.1 Å². The van der Waals surface area contributed by atoms with Gasteiger partial charge in [-0.15, -0.1) is 0 Å². The molecule has 0 aliphatic rings. The van der Waals surface area contributed by atoms with Crippen molar-refractivity contribution in [2.24, 2.45) is 0 Å². The average molecular weight is 240 g/mol. The number of hydrogen-bond donors (Lipinski definition) is 1. The summed E-state index contributed by atoms with van der Waals surface area (Å²) in [5.74, 6) is 0.775. The molecule has 3 rings (SSSR count). The first kappa shape index (κ1) is 10.7. The van der Waals surface area contributed by atoms with Crippen molar-refractivity contribution in [3.8, 4) is 0 Å². The maximum atomic E-state index is 4.78. The second kappa shape index (κ2) is 4.44. The standard InChI is InChI=1S/C13H12N4O/c1-9-13(14-8-10-6-7-18-17-10)16-12-5-3-2-4-11(12)15-9/h2-7H,8H2,1H3,(H,14,16). The fraction of sp³-hybridized carbons (Fsp3) is 0.154. The lowest BCUT2D eigenvalue weighted by molar-refractivity contribution is 0.412. The molecule has 0 spiro atoms. The molecule has 0 aliphatic carbocycles. The van der Waals surface area contributed by atoms with Crippen LogP contribution in [0.25, 0.3) is 11.0 Å². The van der Waals surface area contributed by atoms with Crippen molar-refractivity contribution >= 4 is 16.9 Å². The van der Waals surface area contributed by atoms with Crippen molar-refractivity contribution < 1.29 is 4.52 Å². The summed E-state index contributed by atoms with van der Waals surface area (Å²) >= 11 is 0. The van der Waals surface area contributed by atoms with Crippen LogP contribution in [0.5, 0.6) is 0 Å². The van der Waals surface area contributed by atoms with Crippen LogP contribution in [0.1, 0.15) is 11.4 Å². The minimum atomic E-state index is 0.574. The molecule has 0 bridgehead atoms. The molecule has 0 saturated heterocycles. The molecule has 3 aromatic rings. The van der Waals surface area contributed by atoms with Crippen molar-refractivity contribution in [3.63, 3.8) is 0 Å². The predicted octanol–water partition coefficient (Wildman–Crippen LogP) is 2.54. The van der Waals surface area contributed by atoms with E-state index < -0.39 is 0 Å². The van der Waals surface area contributed by atoms with Gasteiger partial charge in [-0.1, -0.05) is 17.3 Å². The Balaban J connectivity index is 1.89. The van der Waals surface area contributed by atoms with Crippen LogP contribution >= 0.6 is 0 Å². The van der Waals surface area contributed by atoms with E-state index in [2.05, 4.69) is 20.4 Å². The van der Waals surface area contributed by atoms with Crippen LogP contribution in [0.3, 0.4) is 0 Å².